The minimum atomic E-state index is -4.28. The first kappa shape index (κ1) is 11.5. The van der Waals surface area contributed by atoms with Crippen molar-refractivity contribution in [2.24, 2.45) is 8.80 Å². The van der Waals surface area contributed by atoms with Crippen LogP contribution in [0.4, 0.5) is 0 Å². The molecular weight excluding hydrogens is 164 g/mol. The van der Waals surface area contributed by atoms with Crippen LogP contribution in [0.3, 0.4) is 0 Å². The summed E-state index contributed by atoms with van der Waals surface area (Å²) in [5, 5.41) is 0. The Bertz CT molecular complexity index is 255. The Hall–Kier alpha value is -1.33. The summed E-state index contributed by atoms with van der Waals surface area (Å²) in [5.74, 6) is 0. The van der Waals surface area contributed by atoms with Gasteiger partial charge in [-0.05, 0) is 0 Å². The van der Waals surface area contributed by atoms with Crippen LogP contribution in [0.15, 0.2) is 8.80 Å². The number of carbonyl (C=O) groups excluding carboxylic acids is 2. The van der Waals surface area contributed by atoms with Crippen LogP contribution >= 0.6 is 0 Å². The van der Waals surface area contributed by atoms with Crippen LogP contribution in [0.25, 0.3) is 0 Å². The van der Waals surface area contributed by atoms with Gasteiger partial charge in [-0.25, -0.2) is 9.59 Å². The molecule has 0 saturated carbocycles. The largest absolute Gasteiger partial charge is 0.412 e. The molecule has 0 unspecified atom stereocenters. The molecule has 0 aromatic carbocycles. The van der Waals surface area contributed by atoms with E-state index in [2.05, 4.69) is 8.80 Å². The highest BCUT2D eigenvalue weighted by atomic mass is 32.2. The fourth-order valence-corrected chi connectivity index (χ4v) is 0.344. The lowest BCUT2D eigenvalue weighted by Crippen LogP contribution is -1.86. The molecule has 0 aromatic rings. The Kier molecular flexibility index (Phi) is 5.20. The van der Waals surface area contributed by atoms with E-state index in [1.54, 1.807) is 0 Å². The summed E-state index contributed by atoms with van der Waals surface area (Å²) in [6.45, 7) is 0. The Morgan fingerprint density at radius 3 is 1.50 bits per heavy atom. The highest BCUT2D eigenvalue weighted by molar-refractivity contribution is 7.89. The standard InChI is InChI=1S/C2N2O4S.H2O/c5-1-3-9(7,8)4-2-6;/h;1H2. The van der Waals surface area contributed by atoms with E-state index >= 15 is 0 Å². The lowest BCUT2D eigenvalue weighted by atomic mass is 11.7. The molecule has 0 bridgehead atoms. The molecule has 0 amide bonds. The smallest absolute Gasteiger partial charge is 0.383 e. The van der Waals surface area contributed by atoms with Crippen LogP contribution in [-0.2, 0) is 19.8 Å². The molecular formula is C2H2N2O5S. The molecule has 2 N–H and O–H groups in total. The third-order valence-electron chi connectivity index (χ3n) is 0.305. The Morgan fingerprint density at radius 1 is 1.00 bits per heavy atom. The third-order valence-corrected chi connectivity index (χ3v) is 0.916. The number of isocyanates is 2. The van der Waals surface area contributed by atoms with E-state index < -0.39 is 10.2 Å². The second-order valence-corrected chi connectivity index (χ2v) is 2.07. The Balaban J connectivity index is 0. The molecule has 56 valence electrons. The van der Waals surface area contributed by atoms with Gasteiger partial charge in [0.05, 0.1) is 0 Å². The lowest BCUT2D eigenvalue weighted by Gasteiger charge is -1.72. The van der Waals surface area contributed by atoms with Crippen molar-refractivity contribution in [3.63, 3.8) is 0 Å². The average molecular weight is 166 g/mol. The van der Waals surface area contributed by atoms with Gasteiger partial charge in [0.2, 0.25) is 0 Å². The summed E-state index contributed by atoms with van der Waals surface area (Å²) in [5.41, 5.74) is 0. The van der Waals surface area contributed by atoms with Gasteiger partial charge >= 0.3 is 10.2 Å². The Labute approximate surface area is 55.6 Å². The van der Waals surface area contributed by atoms with Gasteiger partial charge in [-0.2, -0.15) is 8.42 Å². The molecule has 0 atom stereocenters. The fourth-order valence-electron chi connectivity index (χ4n) is 0.115. The molecule has 0 spiro atoms. The maximum atomic E-state index is 9.97. The first-order valence-corrected chi connectivity index (χ1v) is 2.95. The van der Waals surface area contributed by atoms with Crippen molar-refractivity contribution in [2.45, 2.75) is 0 Å². The third kappa shape index (κ3) is 4.82. The van der Waals surface area contributed by atoms with Gasteiger partial charge in [-0.15, -0.1) is 0 Å². The first-order valence-electron chi connectivity index (χ1n) is 1.55. The molecule has 0 radical (unpaired) electrons. The molecule has 0 aliphatic heterocycles. The first-order chi connectivity index (χ1) is 4.12. The summed E-state index contributed by atoms with van der Waals surface area (Å²) in [6.07, 6.45) is 1.41. The van der Waals surface area contributed by atoms with Crippen molar-refractivity contribution in [3.8, 4) is 0 Å². The van der Waals surface area contributed by atoms with Crippen LogP contribution in [0, 0.1) is 0 Å². The second kappa shape index (κ2) is 4.54. The van der Waals surface area contributed by atoms with Crippen molar-refractivity contribution >= 4 is 22.4 Å². The zero-order valence-electron chi connectivity index (χ0n) is 4.44. The van der Waals surface area contributed by atoms with E-state index in [-0.39, 0.29) is 5.48 Å². The number of rotatable bonds is 2. The van der Waals surface area contributed by atoms with Crippen molar-refractivity contribution in [1.82, 2.24) is 0 Å². The average Bonchev–Trinajstić information content (AvgIpc) is 1.64. The zero-order chi connectivity index (χ0) is 7.33. The van der Waals surface area contributed by atoms with Gasteiger partial charge in [0, 0.05) is 0 Å². The second-order valence-electron chi connectivity index (χ2n) is 0.813. The van der Waals surface area contributed by atoms with E-state index in [1.165, 1.54) is 0 Å². The molecule has 0 rings (SSSR count). The van der Waals surface area contributed by atoms with E-state index in [4.69, 9.17) is 0 Å². The summed E-state index contributed by atoms with van der Waals surface area (Å²) in [6, 6.07) is 0. The van der Waals surface area contributed by atoms with Crippen LogP contribution in [-0.4, -0.2) is 26.1 Å². The van der Waals surface area contributed by atoms with Gasteiger partial charge in [0.15, 0.2) is 0 Å². The van der Waals surface area contributed by atoms with Crippen LogP contribution in [0.2, 0.25) is 0 Å². The van der Waals surface area contributed by atoms with Crippen LogP contribution < -0.4 is 0 Å². The minimum absolute atomic E-state index is 0. The summed E-state index contributed by atoms with van der Waals surface area (Å²) < 4.78 is 24.3. The zero-order valence-corrected chi connectivity index (χ0v) is 5.25. The predicted molar refractivity (Wildman–Crippen MR) is 28.8 cm³/mol. The molecule has 8 heteroatoms. The molecule has 7 nitrogen and oxygen atoms in total. The van der Waals surface area contributed by atoms with Gasteiger partial charge in [0.1, 0.15) is 0 Å². The predicted octanol–water partition coefficient (Wildman–Crippen LogP) is -1.92. The SMILES string of the molecule is O.O=C=NS(=O)(=O)N=C=O. The highest BCUT2D eigenvalue weighted by Crippen LogP contribution is 1.87. The molecule has 0 fully saturated rings. The normalized spacial score (nSPS) is 8.00. The number of hydrogen-bond donors (Lipinski definition) is 0. The maximum absolute atomic E-state index is 9.97. The van der Waals surface area contributed by atoms with Crippen LogP contribution in [0.1, 0.15) is 0 Å². The highest BCUT2D eigenvalue weighted by Gasteiger charge is 2.00. The van der Waals surface area contributed by atoms with E-state index in [1.807, 2.05) is 0 Å². The van der Waals surface area contributed by atoms with Gasteiger partial charge in [0.25, 0.3) is 12.2 Å². The molecule has 10 heavy (non-hydrogen) atoms. The maximum Gasteiger partial charge on any atom is 0.383 e. The van der Waals surface area contributed by atoms with E-state index in [9.17, 15) is 18.0 Å². The monoisotopic (exact) mass is 166 g/mol. The number of hydrogen-bond acceptors (Lipinski definition) is 4. The van der Waals surface area contributed by atoms with Crippen molar-refractivity contribution in [3.05, 3.63) is 0 Å². The van der Waals surface area contributed by atoms with Gasteiger partial charge in [-0.1, -0.05) is 8.80 Å². The fraction of sp³-hybridized carbons (Fsp3) is 0. The molecule has 0 aliphatic rings. The molecule has 0 heterocycles. The summed E-state index contributed by atoms with van der Waals surface area (Å²) >= 11 is 0. The van der Waals surface area contributed by atoms with Gasteiger partial charge in [-0.3, -0.25) is 0 Å². The van der Waals surface area contributed by atoms with E-state index in [0.717, 1.165) is 0 Å². The van der Waals surface area contributed by atoms with Crippen molar-refractivity contribution < 1.29 is 23.5 Å². The quantitative estimate of drug-likeness (QED) is 0.350. The van der Waals surface area contributed by atoms with E-state index in [0.29, 0.717) is 12.2 Å². The molecule has 0 saturated heterocycles. The minimum Gasteiger partial charge on any atom is -0.412 e. The topological polar surface area (TPSA) is 124 Å². The summed E-state index contributed by atoms with van der Waals surface area (Å²) in [7, 11) is -4.28. The summed E-state index contributed by atoms with van der Waals surface area (Å²) in [4.78, 5) is 18.5. The molecule has 0 aliphatic carbocycles. The van der Waals surface area contributed by atoms with Gasteiger partial charge < -0.3 is 5.48 Å². The van der Waals surface area contributed by atoms with Crippen molar-refractivity contribution in [1.29, 1.82) is 0 Å². The van der Waals surface area contributed by atoms with Crippen molar-refractivity contribution in [2.75, 3.05) is 0 Å². The Morgan fingerprint density at radius 2 is 1.30 bits per heavy atom. The number of nitrogens with zero attached hydrogens (tertiary/aromatic N) is 2. The lowest BCUT2D eigenvalue weighted by molar-refractivity contribution is 0.561. The van der Waals surface area contributed by atoms with Crippen LogP contribution in [0.5, 0.6) is 0 Å². The molecule has 0 aromatic heterocycles.